The first-order valence-corrected chi connectivity index (χ1v) is 19.0. The molecule has 1 unspecified atom stereocenters. The van der Waals surface area contributed by atoms with Crippen molar-refractivity contribution in [2.45, 2.75) is 80.9 Å². The van der Waals surface area contributed by atoms with Crippen LogP contribution in [-0.4, -0.2) is 46.8 Å². The molecule has 0 bridgehead atoms. The van der Waals surface area contributed by atoms with E-state index in [4.69, 9.17) is 14.2 Å². The predicted octanol–water partition coefficient (Wildman–Crippen LogP) is -0.422. The van der Waals surface area contributed by atoms with Gasteiger partial charge in [-0.3, -0.25) is 0 Å². The van der Waals surface area contributed by atoms with E-state index in [0.717, 1.165) is 25.7 Å². The van der Waals surface area contributed by atoms with Gasteiger partial charge in [0.15, 0.2) is 0 Å². The molecule has 0 aromatic heterocycles. The van der Waals surface area contributed by atoms with Crippen molar-refractivity contribution in [2.24, 2.45) is 0 Å². The summed E-state index contributed by atoms with van der Waals surface area (Å²) in [5, 5.41) is 1.59. The molecule has 0 N–H and O–H groups in total. The molecule has 46 heavy (non-hydrogen) atoms. The van der Waals surface area contributed by atoms with E-state index < -0.39 is 37.9 Å². The fourth-order valence-electron chi connectivity index (χ4n) is 4.90. The van der Waals surface area contributed by atoms with Crippen LogP contribution in [0, 0.1) is 0 Å². The average Bonchev–Trinajstić information content (AvgIpc) is 2.99. The second-order valence-electron chi connectivity index (χ2n) is 10.4. The van der Waals surface area contributed by atoms with E-state index in [9.17, 15) is 25.9 Å². The summed E-state index contributed by atoms with van der Waals surface area (Å²) in [4.78, 5) is -1.03. The summed E-state index contributed by atoms with van der Waals surface area (Å²) in [5.41, 5.74) is 0. The Hall–Kier alpha value is -0.690. The van der Waals surface area contributed by atoms with Gasteiger partial charge in [-0.25, -0.2) is 16.8 Å². The van der Waals surface area contributed by atoms with Gasteiger partial charge in [-0.1, -0.05) is 89.0 Å². The van der Waals surface area contributed by atoms with Crippen molar-refractivity contribution in [2.75, 3.05) is 20.8 Å². The van der Waals surface area contributed by atoms with E-state index in [-0.39, 0.29) is 77.2 Å². The maximum Gasteiger partial charge on any atom is 1.00 e. The second-order valence-corrected chi connectivity index (χ2v) is 15.4. The van der Waals surface area contributed by atoms with Gasteiger partial charge in [-0.05, 0) is 66.7 Å². The smallest absolute Gasteiger partial charge is 0.744 e. The summed E-state index contributed by atoms with van der Waals surface area (Å²) >= 11 is 0. The summed E-state index contributed by atoms with van der Waals surface area (Å²) in [6.07, 6.45) is 11.4. The van der Waals surface area contributed by atoms with Crippen LogP contribution in [0.2, 0.25) is 0 Å². The third-order valence-corrected chi connectivity index (χ3v) is 11.3. The Morgan fingerprint density at radius 3 is 1.48 bits per heavy atom. The molecular formula is C32H41Na2O9PS2. The van der Waals surface area contributed by atoms with Crippen LogP contribution in [-0.2, 0) is 20.2 Å². The molecule has 3 aromatic carbocycles. The number of hydrogen-bond acceptors (Lipinski definition) is 9. The van der Waals surface area contributed by atoms with Gasteiger partial charge in [0.2, 0.25) is 0 Å². The van der Waals surface area contributed by atoms with E-state index in [0.29, 0.717) is 21.7 Å². The van der Waals surface area contributed by atoms with Gasteiger partial charge in [0.25, 0.3) is 0 Å². The largest absolute Gasteiger partial charge is 1.00 e. The predicted molar refractivity (Wildman–Crippen MR) is 172 cm³/mol. The zero-order chi connectivity index (χ0) is 32.2. The molecule has 0 aliphatic rings. The summed E-state index contributed by atoms with van der Waals surface area (Å²) in [6, 6.07) is 15.6. The van der Waals surface area contributed by atoms with Crippen molar-refractivity contribution in [1.29, 1.82) is 0 Å². The van der Waals surface area contributed by atoms with Crippen LogP contribution in [0.3, 0.4) is 0 Å². The molecule has 0 spiro atoms. The standard InChI is InChI=1S/C32H43O9PS2.2Na/c1-4-5-6-7-8-9-10-11-12-13-22-41-30-21-19-28(24-32(30)44(36,37)38)42(26-16-14-25(39-2)15-17-26)27-18-20-29(40-3)31(23-27)43(33,34)35;;/h14-21,23-24H,4-13,22H2,1-3H3,(H,33,34,35)(H,36,37,38);;/q;2*+1/p-2. The quantitative estimate of drug-likeness (QED) is 0.0702. The summed E-state index contributed by atoms with van der Waals surface area (Å²) in [7, 11) is -8.66. The summed E-state index contributed by atoms with van der Waals surface area (Å²) in [5.74, 6) is 0.452. The fraction of sp³-hybridized carbons (Fsp3) is 0.438. The van der Waals surface area contributed by atoms with Gasteiger partial charge >= 0.3 is 59.1 Å². The molecule has 14 heteroatoms. The van der Waals surface area contributed by atoms with Gasteiger partial charge in [0, 0.05) is 0 Å². The van der Waals surface area contributed by atoms with Crippen LogP contribution >= 0.6 is 7.92 Å². The molecule has 1 atom stereocenters. The molecule has 0 saturated carbocycles. The van der Waals surface area contributed by atoms with Crippen LogP contribution in [0.5, 0.6) is 17.2 Å². The first-order valence-electron chi connectivity index (χ1n) is 14.8. The van der Waals surface area contributed by atoms with Gasteiger partial charge in [-0.15, -0.1) is 0 Å². The molecule has 0 aliphatic carbocycles. The molecule has 0 amide bonds. The topological polar surface area (TPSA) is 142 Å². The van der Waals surface area contributed by atoms with Crippen molar-refractivity contribution in [3.05, 3.63) is 60.7 Å². The van der Waals surface area contributed by atoms with Gasteiger partial charge < -0.3 is 23.3 Å². The zero-order valence-electron chi connectivity index (χ0n) is 27.5. The number of benzene rings is 3. The minimum Gasteiger partial charge on any atom is -0.744 e. The van der Waals surface area contributed by atoms with Crippen molar-refractivity contribution in [3.63, 3.8) is 0 Å². The Morgan fingerprint density at radius 2 is 1.02 bits per heavy atom. The Labute approximate surface area is 320 Å². The fourth-order valence-corrected chi connectivity index (χ4v) is 8.69. The van der Waals surface area contributed by atoms with Crippen LogP contribution in [0.25, 0.3) is 0 Å². The summed E-state index contributed by atoms with van der Waals surface area (Å²) in [6.45, 7) is 2.48. The van der Waals surface area contributed by atoms with E-state index in [1.54, 1.807) is 36.4 Å². The normalized spacial score (nSPS) is 12.0. The number of hydrogen-bond donors (Lipinski definition) is 0. The molecular weight excluding hydrogens is 669 g/mol. The molecule has 3 rings (SSSR count). The van der Waals surface area contributed by atoms with Crippen LogP contribution in [0.1, 0.15) is 71.1 Å². The molecule has 9 nitrogen and oxygen atoms in total. The molecule has 0 saturated heterocycles. The van der Waals surface area contributed by atoms with Crippen molar-refractivity contribution in [3.8, 4) is 17.2 Å². The molecule has 0 aliphatic heterocycles. The molecule has 3 aromatic rings. The van der Waals surface area contributed by atoms with Crippen molar-refractivity contribution < 1.29 is 99.3 Å². The van der Waals surface area contributed by atoms with Crippen molar-refractivity contribution >= 4 is 44.1 Å². The maximum atomic E-state index is 12.4. The number of methoxy groups -OCH3 is 2. The minimum atomic E-state index is -4.92. The third kappa shape index (κ3) is 13.3. The monoisotopic (exact) mass is 710 g/mol. The Morgan fingerprint density at radius 1 is 0.587 bits per heavy atom. The van der Waals surface area contributed by atoms with E-state index in [2.05, 4.69) is 6.92 Å². The molecule has 0 heterocycles. The Kier molecular flexibility index (Phi) is 20.2. The molecule has 0 fully saturated rings. The number of ether oxygens (including phenoxy) is 3. The zero-order valence-corrected chi connectivity index (χ0v) is 34.0. The van der Waals surface area contributed by atoms with E-state index in [1.807, 2.05) is 0 Å². The van der Waals surface area contributed by atoms with Gasteiger partial charge in [0.1, 0.15) is 37.5 Å². The number of rotatable bonds is 19. The first kappa shape index (κ1) is 43.3. The average molecular weight is 711 g/mol. The van der Waals surface area contributed by atoms with Crippen LogP contribution < -0.4 is 89.2 Å². The van der Waals surface area contributed by atoms with E-state index in [1.165, 1.54) is 77.0 Å². The van der Waals surface area contributed by atoms with Crippen LogP contribution in [0.4, 0.5) is 0 Å². The van der Waals surface area contributed by atoms with Gasteiger partial charge in [0.05, 0.1) is 30.6 Å². The maximum absolute atomic E-state index is 12.4. The summed E-state index contributed by atoms with van der Waals surface area (Å²) < 4.78 is 89.4. The van der Waals surface area contributed by atoms with Crippen molar-refractivity contribution in [1.82, 2.24) is 0 Å². The first-order chi connectivity index (χ1) is 21.0. The SMILES string of the molecule is CCCCCCCCCCCCOc1ccc(P(c2ccc(OC)cc2)c2ccc(OC)c(S(=O)(=O)[O-])c2)cc1S(=O)(=O)[O-].[Na+].[Na+]. The molecule has 242 valence electrons. The second kappa shape index (κ2) is 21.4. The van der Waals surface area contributed by atoms with Gasteiger partial charge in [-0.2, -0.15) is 0 Å². The minimum absolute atomic E-state index is 0. The van der Waals surface area contributed by atoms with Crippen LogP contribution in [0.15, 0.2) is 70.5 Å². The Balaban J connectivity index is 0.00000529. The number of unbranched alkanes of at least 4 members (excludes halogenated alkanes) is 9. The van der Waals surface area contributed by atoms with E-state index >= 15 is 0 Å². The molecule has 0 radical (unpaired) electrons. The third-order valence-electron chi connectivity index (χ3n) is 7.22. The Bertz CT molecular complexity index is 1570.